The highest BCUT2D eigenvalue weighted by Crippen LogP contribution is 2.30. The first-order valence-corrected chi connectivity index (χ1v) is 9.94. The molecule has 0 fully saturated rings. The van der Waals surface area contributed by atoms with E-state index in [1.165, 1.54) is 23.5 Å². The van der Waals surface area contributed by atoms with E-state index in [0.717, 1.165) is 4.68 Å². The number of thiazole rings is 1. The van der Waals surface area contributed by atoms with E-state index >= 15 is 0 Å². The van der Waals surface area contributed by atoms with Gasteiger partial charge in [0.25, 0.3) is 5.56 Å². The van der Waals surface area contributed by atoms with Gasteiger partial charge in [0.15, 0.2) is 4.96 Å². The number of aromatic nitrogens is 4. The molecule has 9 heteroatoms. The molecular weight excluding hydrogens is 405 g/mol. The van der Waals surface area contributed by atoms with Crippen LogP contribution in [0.5, 0.6) is 0 Å². The molecular formula is C21H14FN5O2S. The average Bonchev–Trinajstić information content (AvgIpc) is 3.34. The Bertz CT molecular complexity index is 1450. The van der Waals surface area contributed by atoms with Crippen molar-refractivity contribution in [3.8, 4) is 11.3 Å². The number of benzene rings is 2. The van der Waals surface area contributed by atoms with E-state index in [1.807, 2.05) is 11.4 Å². The Hall–Kier alpha value is -3.85. The van der Waals surface area contributed by atoms with Gasteiger partial charge in [0.05, 0.1) is 11.6 Å². The summed E-state index contributed by atoms with van der Waals surface area (Å²) in [4.78, 5) is 30.6. The summed E-state index contributed by atoms with van der Waals surface area (Å²) in [6.45, 7) is -0.246. The van der Waals surface area contributed by atoms with Gasteiger partial charge in [-0.3, -0.25) is 14.0 Å². The highest BCUT2D eigenvalue weighted by Gasteiger charge is 2.18. The number of carbonyl (C=O) groups is 1. The van der Waals surface area contributed by atoms with Crippen molar-refractivity contribution >= 4 is 38.8 Å². The molecule has 0 unspecified atom stereocenters. The lowest BCUT2D eigenvalue weighted by molar-refractivity contribution is -0.117. The molecule has 30 heavy (non-hydrogen) atoms. The largest absolute Gasteiger partial charge is 0.308 e. The van der Waals surface area contributed by atoms with Crippen molar-refractivity contribution < 1.29 is 9.18 Å². The molecule has 0 aliphatic rings. The zero-order chi connectivity index (χ0) is 20.7. The second-order valence-electron chi connectivity index (χ2n) is 6.61. The molecule has 7 nitrogen and oxygen atoms in total. The molecule has 5 rings (SSSR count). The predicted octanol–water partition coefficient (Wildman–Crippen LogP) is 3.55. The van der Waals surface area contributed by atoms with Gasteiger partial charge in [0.1, 0.15) is 23.9 Å². The van der Waals surface area contributed by atoms with Crippen molar-refractivity contribution in [1.29, 1.82) is 0 Å². The smallest absolute Gasteiger partial charge is 0.275 e. The summed E-state index contributed by atoms with van der Waals surface area (Å²) in [5, 5.41) is 9.99. The van der Waals surface area contributed by atoms with Gasteiger partial charge in [-0.2, -0.15) is 5.10 Å². The molecule has 0 bridgehead atoms. The normalized spacial score (nSPS) is 11.2. The van der Waals surface area contributed by atoms with Gasteiger partial charge in [-0.1, -0.05) is 18.2 Å². The van der Waals surface area contributed by atoms with E-state index in [-0.39, 0.29) is 17.9 Å². The van der Waals surface area contributed by atoms with Crippen LogP contribution in [0.25, 0.3) is 27.0 Å². The molecule has 5 aromatic rings. The number of nitrogens with zero attached hydrogens (tertiary/aromatic N) is 4. The number of rotatable bonds is 4. The third-order valence-corrected chi connectivity index (χ3v) is 5.45. The second-order valence-corrected chi connectivity index (χ2v) is 7.49. The second kappa shape index (κ2) is 7.20. The monoisotopic (exact) mass is 419 g/mol. The topological polar surface area (TPSA) is 81.3 Å². The van der Waals surface area contributed by atoms with Crippen LogP contribution < -0.4 is 10.9 Å². The number of anilines is 1. The van der Waals surface area contributed by atoms with Crippen molar-refractivity contribution in [2.75, 3.05) is 5.32 Å². The van der Waals surface area contributed by atoms with E-state index in [1.54, 1.807) is 47.1 Å². The summed E-state index contributed by atoms with van der Waals surface area (Å²) >= 11 is 1.41. The van der Waals surface area contributed by atoms with Gasteiger partial charge in [0.2, 0.25) is 5.91 Å². The highest BCUT2D eigenvalue weighted by molar-refractivity contribution is 7.15. The summed E-state index contributed by atoms with van der Waals surface area (Å²) < 4.78 is 16.2. The van der Waals surface area contributed by atoms with Crippen LogP contribution in [-0.4, -0.2) is 25.1 Å². The minimum absolute atomic E-state index is 0.246. The Kier molecular flexibility index (Phi) is 4.36. The molecule has 0 saturated heterocycles. The minimum Gasteiger partial charge on any atom is -0.308 e. The Morgan fingerprint density at radius 1 is 1.13 bits per heavy atom. The third-order valence-electron chi connectivity index (χ3n) is 4.69. The number of imidazole rings is 1. The molecule has 0 aliphatic heterocycles. The average molecular weight is 419 g/mol. The van der Waals surface area contributed by atoms with Crippen LogP contribution >= 0.6 is 11.3 Å². The number of nitrogens with one attached hydrogen (secondary N) is 1. The van der Waals surface area contributed by atoms with Gasteiger partial charge in [-0.05, 0) is 30.3 Å². The molecule has 0 spiro atoms. The van der Waals surface area contributed by atoms with Gasteiger partial charge >= 0.3 is 0 Å². The number of hydrogen-bond donors (Lipinski definition) is 1. The Balaban J connectivity index is 1.48. The maximum Gasteiger partial charge on any atom is 0.275 e. The van der Waals surface area contributed by atoms with E-state index < -0.39 is 5.91 Å². The van der Waals surface area contributed by atoms with E-state index in [9.17, 15) is 14.0 Å². The maximum atomic E-state index is 13.3. The van der Waals surface area contributed by atoms with Crippen LogP contribution in [0.2, 0.25) is 0 Å². The van der Waals surface area contributed by atoms with Crippen LogP contribution in [0.1, 0.15) is 0 Å². The molecule has 3 heterocycles. The van der Waals surface area contributed by atoms with Gasteiger partial charge in [-0.15, -0.1) is 11.3 Å². The van der Waals surface area contributed by atoms with Crippen molar-refractivity contribution in [2.45, 2.75) is 6.54 Å². The lowest BCUT2D eigenvalue weighted by Gasteiger charge is -2.09. The molecule has 0 atom stereocenters. The van der Waals surface area contributed by atoms with Crippen LogP contribution in [0, 0.1) is 5.82 Å². The maximum absolute atomic E-state index is 13.3. The molecule has 2 aromatic carbocycles. The zero-order valence-electron chi connectivity index (χ0n) is 15.4. The fourth-order valence-electron chi connectivity index (χ4n) is 3.26. The number of hydrogen-bond acceptors (Lipinski definition) is 5. The Morgan fingerprint density at radius 2 is 1.93 bits per heavy atom. The number of amides is 1. The van der Waals surface area contributed by atoms with E-state index in [4.69, 9.17) is 0 Å². The van der Waals surface area contributed by atoms with Crippen molar-refractivity contribution in [2.24, 2.45) is 0 Å². The first-order valence-electron chi connectivity index (χ1n) is 9.06. The first kappa shape index (κ1) is 18.2. The number of fused-ring (bicyclic) bond motifs is 2. The van der Waals surface area contributed by atoms with E-state index in [0.29, 0.717) is 32.8 Å². The summed E-state index contributed by atoms with van der Waals surface area (Å²) in [6.07, 6.45) is 3.35. The number of carbonyl (C=O) groups excluding carboxylic acids is 1. The molecule has 3 aromatic heterocycles. The minimum atomic E-state index is -0.420. The lowest BCUT2D eigenvalue weighted by Crippen LogP contribution is -2.29. The molecule has 1 N–H and O–H groups in total. The van der Waals surface area contributed by atoms with Crippen LogP contribution in [0.4, 0.5) is 10.2 Å². The summed E-state index contributed by atoms with van der Waals surface area (Å²) in [6, 6.07) is 13.0. The van der Waals surface area contributed by atoms with Gasteiger partial charge in [-0.25, -0.2) is 14.1 Å². The summed E-state index contributed by atoms with van der Waals surface area (Å²) in [7, 11) is 0. The summed E-state index contributed by atoms with van der Waals surface area (Å²) in [5.41, 5.74) is 0.855. The van der Waals surface area contributed by atoms with E-state index in [2.05, 4.69) is 15.4 Å². The Morgan fingerprint density at radius 3 is 2.77 bits per heavy atom. The van der Waals surface area contributed by atoms with Crippen LogP contribution in [-0.2, 0) is 11.3 Å². The summed E-state index contributed by atoms with van der Waals surface area (Å²) in [5.74, 6) is -0.319. The standard InChI is InChI=1S/C21H14FN5O2S/c22-15-7-5-13(6-8-15)18-19(26-9-10-30-21(26)25-18)24-17(28)12-27-20(29)16-4-2-1-3-14(16)11-23-27/h1-11H,12H2,(H,24,28). The molecule has 148 valence electrons. The Labute approximate surface area is 173 Å². The van der Waals surface area contributed by atoms with Crippen molar-refractivity contribution in [3.63, 3.8) is 0 Å². The predicted molar refractivity (Wildman–Crippen MR) is 113 cm³/mol. The molecule has 0 saturated carbocycles. The fourth-order valence-corrected chi connectivity index (χ4v) is 3.98. The quantitative estimate of drug-likeness (QED) is 0.483. The SMILES string of the molecule is O=C(Cn1ncc2ccccc2c1=O)Nc1c(-c2ccc(F)cc2)nc2sccn12. The van der Waals surface area contributed by atoms with Crippen LogP contribution in [0.15, 0.2) is 71.1 Å². The first-order chi connectivity index (χ1) is 14.6. The van der Waals surface area contributed by atoms with Crippen LogP contribution in [0.3, 0.4) is 0 Å². The van der Waals surface area contributed by atoms with Gasteiger partial charge in [0, 0.05) is 22.5 Å². The lowest BCUT2D eigenvalue weighted by atomic mass is 10.1. The fraction of sp³-hybridized carbons (Fsp3) is 0.0476. The van der Waals surface area contributed by atoms with Crippen molar-refractivity contribution in [1.82, 2.24) is 19.2 Å². The molecule has 0 radical (unpaired) electrons. The van der Waals surface area contributed by atoms with Crippen molar-refractivity contribution in [3.05, 3.63) is 82.5 Å². The zero-order valence-corrected chi connectivity index (χ0v) is 16.3. The molecule has 1 amide bonds. The third kappa shape index (κ3) is 3.15. The van der Waals surface area contributed by atoms with Gasteiger partial charge < -0.3 is 5.32 Å². The highest BCUT2D eigenvalue weighted by atomic mass is 32.1. The molecule has 0 aliphatic carbocycles. The number of halogens is 1.